The Balaban J connectivity index is 2.15. The molecule has 1 amide bonds. The Morgan fingerprint density at radius 1 is 1.24 bits per heavy atom. The van der Waals surface area contributed by atoms with Crippen LogP contribution in [0.15, 0.2) is 24.3 Å². The minimum atomic E-state index is -0.227. The second kappa shape index (κ2) is 9.13. The lowest BCUT2D eigenvalue weighted by molar-refractivity contribution is 0.102. The first-order chi connectivity index (χ1) is 12.0. The summed E-state index contributed by atoms with van der Waals surface area (Å²) in [6.45, 7) is 7.27. The maximum absolute atomic E-state index is 12.7. The second-order valence-corrected chi connectivity index (χ2v) is 5.91. The van der Waals surface area contributed by atoms with Crippen LogP contribution in [0, 0.1) is 13.8 Å². The molecule has 0 unspecified atom stereocenters. The number of hydrogen-bond acceptors (Lipinski definition) is 5. The van der Waals surface area contributed by atoms with E-state index >= 15 is 0 Å². The van der Waals surface area contributed by atoms with Crippen molar-refractivity contribution in [2.75, 3.05) is 30.9 Å². The molecule has 25 heavy (non-hydrogen) atoms. The van der Waals surface area contributed by atoms with Crippen LogP contribution in [-0.2, 0) is 11.2 Å². The number of rotatable bonds is 8. The molecule has 1 aromatic heterocycles. The van der Waals surface area contributed by atoms with Gasteiger partial charge in [-0.2, -0.15) is 0 Å². The van der Waals surface area contributed by atoms with Crippen LogP contribution in [0.1, 0.15) is 40.7 Å². The molecule has 0 aliphatic heterocycles. The number of nitrogens with zero attached hydrogens (tertiary/aromatic N) is 2. The van der Waals surface area contributed by atoms with Crippen molar-refractivity contribution in [1.29, 1.82) is 0 Å². The number of aryl methyl sites for hydroxylation is 3. The predicted octanol–water partition coefficient (Wildman–Crippen LogP) is 3.36. The summed E-state index contributed by atoms with van der Waals surface area (Å²) in [5.74, 6) is 0.233. The van der Waals surface area contributed by atoms with Gasteiger partial charge in [0.2, 0.25) is 5.95 Å². The second-order valence-electron chi connectivity index (χ2n) is 5.91. The maximum Gasteiger partial charge on any atom is 0.274 e. The van der Waals surface area contributed by atoms with Crippen LogP contribution in [0.5, 0.6) is 0 Å². The van der Waals surface area contributed by atoms with Crippen LogP contribution >= 0.6 is 0 Å². The van der Waals surface area contributed by atoms with Gasteiger partial charge in [-0.1, -0.05) is 25.1 Å². The first kappa shape index (κ1) is 18.9. The van der Waals surface area contributed by atoms with E-state index in [9.17, 15) is 4.79 Å². The molecule has 1 aromatic carbocycles. The Hall–Kier alpha value is -2.47. The van der Waals surface area contributed by atoms with E-state index < -0.39 is 0 Å². The number of carbonyl (C=O) groups is 1. The van der Waals surface area contributed by atoms with Gasteiger partial charge in [-0.3, -0.25) is 4.79 Å². The summed E-state index contributed by atoms with van der Waals surface area (Å²) in [6, 6.07) is 7.71. The standard InChI is InChI=1S/C19H26N4O2/c1-5-15-9-6-8-13(2)17(15)23-18(24)16-12-14(3)21-19(22-16)20-10-7-11-25-4/h6,8-9,12H,5,7,10-11H2,1-4H3,(H,23,24)(H,20,21,22). The zero-order valence-electron chi connectivity index (χ0n) is 15.3. The van der Waals surface area contributed by atoms with E-state index in [1.807, 2.05) is 32.0 Å². The van der Waals surface area contributed by atoms with Crippen molar-refractivity contribution in [3.05, 3.63) is 46.8 Å². The maximum atomic E-state index is 12.7. The van der Waals surface area contributed by atoms with E-state index in [0.717, 1.165) is 35.3 Å². The smallest absolute Gasteiger partial charge is 0.274 e. The molecule has 2 aromatic rings. The topological polar surface area (TPSA) is 76.1 Å². The van der Waals surface area contributed by atoms with Gasteiger partial charge < -0.3 is 15.4 Å². The lowest BCUT2D eigenvalue weighted by Crippen LogP contribution is -2.18. The average Bonchev–Trinajstić information content (AvgIpc) is 2.60. The number of anilines is 2. The van der Waals surface area contributed by atoms with E-state index in [1.54, 1.807) is 13.2 Å². The summed E-state index contributed by atoms with van der Waals surface area (Å²) in [7, 11) is 1.67. The molecule has 2 N–H and O–H groups in total. The Labute approximate surface area is 149 Å². The fourth-order valence-corrected chi connectivity index (χ4v) is 2.56. The molecule has 0 bridgehead atoms. The molecule has 6 heteroatoms. The quantitative estimate of drug-likeness (QED) is 0.720. The minimum Gasteiger partial charge on any atom is -0.385 e. The van der Waals surface area contributed by atoms with Gasteiger partial charge in [-0.15, -0.1) is 0 Å². The highest BCUT2D eigenvalue weighted by atomic mass is 16.5. The molecular formula is C19H26N4O2. The Kier molecular flexibility index (Phi) is 6.89. The van der Waals surface area contributed by atoms with Gasteiger partial charge in [0, 0.05) is 31.6 Å². The van der Waals surface area contributed by atoms with Gasteiger partial charge in [0.05, 0.1) is 0 Å². The van der Waals surface area contributed by atoms with Crippen LogP contribution < -0.4 is 10.6 Å². The zero-order valence-corrected chi connectivity index (χ0v) is 15.3. The largest absolute Gasteiger partial charge is 0.385 e. The van der Waals surface area contributed by atoms with Crippen LogP contribution in [0.3, 0.4) is 0 Å². The highest BCUT2D eigenvalue weighted by Crippen LogP contribution is 2.21. The molecule has 2 rings (SSSR count). The molecule has 0 aliphatic carbocycles. The molecule has 0 radical (unpaired) electrons. The van der Waals surface area contributed by atoms with Crippen LogP contribution in [0.4, 0.5) is 11.6 Å². The molecule has 0 fully saturated rings. The van der Waals surface area contributed by atoms with E-state index in [2.05, 4.69) is 27.5 Å². The number of amides is 1. The van der Waals surface area contributed by atoms with Gasteiger partial charge >= 0.3 is 0 Å². The number of methoxy groups -OCH3 is 1. The first-order valence-corrected chi connectivity index (χ1v) is 8.53. The van der Waals surface area contributed by atoms with Crippen molar-refractivity contribution >= 4 is 17.5 Å². The summed E-state index contributed by atoms with van der Waals surface area (Å²) >= 11 is 0. The van der Waals surface area contributed by atoms with Crippen molar-refractivity contribution < 1.29 is 9.53 Å². The first-order valence-electron chi connectivity index (χ1n) is 8.53. The third-order valence-corrected chi connectivity index (χ3v) is 3.87. The number of aromatic nitrogens is 2. The van der Waals surface area contributed by atoms with Gasteiger partial charge in [0.25, 0.3) is 5.91 Å². The molecule has 0 spiro atoms. The number of para-hydroxylation sites is 1. The molecule has 1 heterocycles. The molecule has 6 nitrogen and oxygen atoms in total. The fraction of sp³-hybridized carbons (Fsp3) is 0.421. The number of nitrogens with one attached hydrogen (secondary N) is 2. The van der Waals surface area contributed by atoms with E-state index in [-0.39, 0.29) is 5.91 Å². The molecular weight excluding hydrogens is 316 g/mol. The lowest BCUT2D eigenvalue weighted by atomic mass is 10.1. The van der Waals surface area contributed by atoms with Crippen molar-refractivity contribution in [3.8, 4) is 0 Å². The van der Waals surface area contributed by atoms with Crippen molar-refractivity contribution in [1.82, 2.24) is 9.97 Å². The van der Waals surface area contributed by atoms with Crippen molar-refractivity contribution in [3.63, 3.8) is 0 Å². The van der Waals surface area contributed by atoms with Crippen molar-refractivity contribution in [2.24, 2.45) is 0 Å². The van der Waals surface area contributed by atoms with E-state index in [1.165, 1.54) is 0 Å². The molecule has 0 atom stereocenters. The summed E-state index contributed by atoms with van der Waals surface area (Å²) in [5.41, 5.74) is 4.11. The Bertz CT molecular complexity index is 731. The highest BCUT2D eigenvalue weighted by molar-refractivity contribution is 6.04. The molecule has 0 saturated heterocycles. The van der Waals surface area contributed by atoms with Gasteiger partial charge in [-0.05, 0) is 43.9 Å². The van der Waals surface area contributed by atoms with E-state index in [0.29, 0.717) is 24.8 Å². The molecule has 0 aliphatic rings. The monoisotopic (exact) mass is 342 g/mol. The highest BCUT2D eigenvalue weighted by Gasteiger charge is 2.14. The number of benzene rings is 1. The lowest BCUT2D eigenvalue weighted by Gasteiger charge is -2.13. The van der Waals surface area contributed by atoms with Crippen LogP contribution in [-0.4, -0.2) is 36.1 Å². The Morgan fingerprint density at radius 3 is 2.76 bits per heavy atom. The normalized spacial score (nSPS) is 10.6. The average molecular weight is 342 g/mol. The Morgan fingerprint density at radius 2 is 2.04 bits per heavy atom. The van der Waals surface area contributed by atoms with Crippen LogP contribution in [0.2, 0.25) is 0 Å². The molecule has 0 saturated carbocycles. The summed E-state index contributed by atoms with van der Waals surface area (Å²) in [4.78, 5) is 21.3. The number of hydrogen-bond donors (Lipinski definition) is 2. The number of ether oxygens (including phenoxy) is 1. The molecule has 134 valence electrons. The minimum absolute atomic E-state index is 0.227. The zero-order chi connectivity index (χ0) is 18.2. The third kappa shape index (κ3) is 5.26. The number of carbonyl (C=O) groups excluding carboxylic acids is 1. The van der Waals surface area contributed by atoms with Crippen LogP contribution in [0.25, 0.3) is 0 Å². The summed E-state index contributed by atoms with van der Waals surface area (Å²) in [5, 5.41) is 6.13. The predicted molar refractivity (Wildman–Crippen MR) is 100 cm³/mol. The summed E-state index contributed by atoms with van der Waals surface area (Å²) < 4.78 is 5.02. The summed E-state index contributed by atoms with van der Waals surface area (Å²) in [6.07, 6.45) is 1.70. The fourth-order valence-electron chi connectivity index (χ4n) is 2.56. The van der Waals surface area contributed by atoms with Gasteiger partial charge in [-0.25, -0.2) is 9.97 Å². The van der Waals surface area contributed by atoms with E-state index in [4.69, 9.17) is 4.74 Å². The third-order valence-electron chi connectivity index (χ3n) is 3.87. The SMILES string of the molecule is CCc1cccc(C)c1NC(=O)c1cc(C)nc(NCCCOC)n1. The van der Waals surface area contributed by atoms with Gasteiger partial charge in [0.15, 0.2) is 0 Å². The van der Waals surface area contributed by atoms with Gasteiger partial charge in [0.1, 0.15) is 5.69 Å². The van der Waals surface area contributed by atoms with Crippen molar-refractivity contribution in [2.45, 2.75) is 33.6 Å².